The first-order valence-electron chi connectivity index (χ1n) is 7.66. The molecule has 3 unspecified atom stereocenters. The number of piperidine rings is 1. The summed E-state index contributed by atoms with van der Waals surface area (Å²) in [6.45, 7) is 6.41. The van der Waals surface area contributed by atoms with E-state index >= 15 is 0 Å². The van der Waals surface area contributed by atoms with Crippen LogP contribution in [0, 0.1) is 5.92 Å². The molecule has 3 atom stereocenters. The van der Waals surface area contributed by atoms with Gasteiger partial charge in [-0.3, -0.25) is 4.90 Å². The first-order valence-corrected chi connectivity index (χ1v) is 9.61. The molecule has 1 N–H and O–H groups in total. The Hall–Kier alpha value is -0.130. The van der Waals surface area contributed by atoms with E-state index < -0.39 is 9.84 Å². The van der Waals surface area contributed by atoms with E-state index in [-0.39, 0.29) is 11.3 Å². The third-order valence-corrected chi connectivity index (χ3v) is 6.38. The van der Waals surface area contributed by atoms with Crippen LogP contribution in [0.5, 0.6) is 0 Å². The first kappa shape index (κ1) is 15.3. The molecule has 0 aromatic rings. The molecule has 1 heterocycles. The summed E-state index contributed by atoms with van der Waals surface area (Å²) in [7, 11) is -2.90. The molecular weight excluding hydrogens is 260 g/mol. The molecule has 1 saturated heterocycles. The fraction of sp³-hybridized carbons (Fsp3) is 1.00. The minimum atomic E-state index is -2.90. The molecule has 0 radical (unpaired) electrons. The van der Waals surface area contributed by atoms with Crippen molar-refractivity contribution in [1.82, 2.24) is 10.2 Å². The van der Waals surface area contributed by atoms with Crippen molar-refractivity contribution in [2.75, 3.05) is 32.4 Å². The standard InChI is InChI=1S/C14H28N2O2S/c1-3-16(11-12-6-5-9-15-10-12)13-7-4-8-14(13)19(2,17)18/h12-15H,3-11H2,1-2H3. The van der Waals surface area contributed by atoms with Crippen molar-refractivity contribution in [2.45, 2.75) is 50.3 Å². The van der Waals surface area contributed by atoms with Gasteiger partial charge in [-0.1, -0.05) is 13.3 Å². The lowest BCUT2D eigenvalue weighted by atomic mass is 9.98. The zero-order valence-electron chi connectivity index (χ0n) is 12.3. The van der Waals surface area contributed by atoms with E-state index in [1.807, 2.05) is 0 Å². The largest absolute Gasteiger partial charge is 0.316 e. The number of nitrogens with zero attached hydrogens (tertiary/aromatic N) is 1. The molecule has 0 aromatic heterocycles. The topological polar surface area (TPSA) is 49.4 Å². The van der Waals surface area contributed by atoms with Crippen LogP contribution < -0.4 is 5.32 Å². The van der Waals surface area contributed by atoms with Crippen molar-refractivity contribution in [3.8, 4) is 0 Å². The van der Waals surface area contributed by atoms with E-state index in [2.05, 4.69) is 17.1 Å². The van der Waals surface area contributed by atoms with Crippen molar-refractivity contribution >= 4 is 9.84 Å². The Balaban J connectivity index is 1.99. The highest BCUT2D eigenvalue weighted by Gasteiger charge is 2.38. The van der Waals surface area contributed by atoms with Gasteiger partial charge in [0.05, 0.1) is 5.25 Å². The van der Waals surface area contributed by atoms with E-state index in [4.69, 9.17) is 0 Å². The predicted octanol–water partition coefficient (Wildman–Crippen LogP) is 1.27. The van der Waals surface area contributed by atoms with Gasteiger partial charge in [0.1, 0.15) is 0 Å². The van der Waals surface area contributed by atoms with Crippen LogP contribution in [-0.2, 0) is 9.84 Å². The number of nitrogens with one attached hydrogen (secondary N) is 1. The van der Waals surface area contributed by atoms with Crippen LogP contribution >= 0.6 is 0 Å². The molecule has 0 aromatic carbocycles. The lowest BCUT2D eigenvalue weighted by molar-refractivity contribution is 0.164. The van der Waals surface area contributed by atoms with E-state index in [9.17, 15) is 8.42 Å². The van der Waals surface area contributed by atoms with Crippen LogP contribution in [0.3, 0.4) is 0 Å². The number of sulfone groups is 1. The van der Waals surface area contributed by atoms with E-state index in [0.29, 0.717) is 5.92 Å². The molecule has 1 saturated carbocycles. The van der Waals surface area contributed by atoms with E-state index in [1.54, 1.807) is 0 Å². The second kappa shape index (κ2) is 6.55. The molecule has 112 valence electrons. The van der Waals surface area contributed by atoms with Crippen molar-refractivity contribution < 1.29 is 8.42 Å². The maximum Gasteiger partial charge on any atom is 0.151 e. The van der Waals surface area contributed by atoms with Crippen LogP contribution in [-0.4, -0.2) is 57.0 Å². The minimum absolute atomic E-state index is 0.135. The van der Waals surface area contributed by atoms with Crippen molar-refractivity contribution in [3.63, 3.8) is 0 Å². The summed E-state index contributed by atoms with van der Waals surface area (Å²) in [5, 5.41) is 3.32. The van der Waals surface area contributed by atoms with Crippen molar-refractivity contribution in [1.29, 1.82) is 0 Å². The lowest BCUT2D eigenvalue weighted by Gasteiger charge is -2.35. The fourth-order valence-electron chi connectivity index (χ4n) is 3.73. The molecule has 2 aliphatic rings. The first-order chi connectivity index (χ1) is 9.02. The summed E-state index contributed by atoms with van der Waals surface area (Å²) >= 11 is 0. The van der Waals surface area contributed by atoms with E-state index in [0.717, 1.165) is 45.4 Å². The van der Waals surface area contributed by atoms with Crippen molar-refractivity contribution in [2.24, 2.45) is 5.92 Å². The summed E-state index contributed by atoms with van der Waals surface area (Å²) < 4.78 is 23.8. The van der Waals surface area contributed by atoms with Gasteiger partial charge in [0, 0.05) is 18.8 Å². The highest BCUT2D eigenvalue weighted by atomic mass is 32.2. The molecule has 0 spiro atoms. The molecular formula is C14H28N2O2S. The Kier molecular flexibility index (Phi) is 5.26. The monoisotopic (exact) mass is 288 g/mol. The molecule has 2 fully saturated rings. The smallest absolute Gasteiger partial charge is 0.151 e. The van der Waals surface area contributed by atoms with Crippen LogP contribution in [0.2, 0.25) is 0 Å². The highest BCUT2D eigenvalue weighted by molar-refractivity contribution is 7.91. The predicted molar refractivity (Wildman–Crippen MR) is 79.1 cm³/mol. The molecule has 5 heteroatoms. The maximum absolute atomic E-state index is 11.9. The summed E-state index contributed by atoms with van der Waals surface area (Å²) in [6.07, 6.45) is 6.89. The summed E-state index contributed by atoms with van der Waals surface area (Å²) in [5.41, 5.74) is 0. The molecule has 4 nitrogen and oxygen atoms in total. The van der Waals surface area contributed by atoms with E-state index in [1.165, 1.54) is 19.1 Å². The number of rotatable bonds is 5. The normalized spacial score (nSPS) is 32.9. The average Bonchev–Trinajstić information content (AvgIpc) is 2.86. The second-order valence-corrected chi connectivity index (χ2v) is 8.43. The van der Waals surface area contributed by atoms with Crippen LogP contribution in [0.1, 0.15) is 39.0 Å². The van der Waals surface area contributed by atoms with Gasteiger partial charge in [-0.2, -0.15) is 0 Å². The number of hydrogen-bond acceptors (Lipinski definition) is 4. The molecule has 1 aliphatic carbocycles. The van der Waals surface area contributed by atoms with Gasteiger partial charge in [-0.05, 0) is 51.2 Å². The van der Waals surface area contributed by atoms with Crippen molar-refractivity contribution in [3.05, 3.63) is 0 Å². The maximum atomic E-state index is 11.9. The van der Waals surface area contributed by atoms with Gasteiger partial charge < -0.3 is 5.32 Å². The average molecular weight is 288 g/mol. The van der Waals surface area contributed by atoms with Gasteiger partial charge in [0.2, 0.25) is 0 Å². The molecule has 1 aliphatic heterocycles. The lowest BCUT2D eigenvalue weighted by Crippen LogP contribution is -2.47. The Morgan fingerprint density at radius 2 is 2.00 bits per heavy atom. The Labute approximate surface area is 117 Å². The highest BCUT2D eigenvalue weighted by Crippen LogP contribution is 2.30. The van der Waals surface area contributed by atoms with Gasteiger partial charge in [0.25, 0.3) is 0 Å². The molecule has 19 heavy (non-hydrogen) atoms. The van der Waals surface area contributed by atoms with Crippen LogP contribution in [0.4, 0.5) is 0 Å². The van der Waals surface area contributed by atoms with Crippen LogP contribution in [0.25, 0.3) is 0 Å². The molecule has 0 bridgehead atoms. The SMILES string of the molecule is CCN(CC1CCCNC1)C1CCCC1S(C)(=O)=O. The Morgan fingerprint density at radius 1 is 1.21 bits per heavy atom. The zero-order chi connectivity index (χ0) is 13.9. The summed E-state index contributed by atoms with van der Waals surface area (Å²) in [5.74, 6) is 0.689. The quantitative estimate of drug-likeness (QED) is 0.828. The van der Waals surface area contributed by atoms with Crippen LogP contribution in [0.15, 0.2) is 0 Å². The summed E-state index contributed by atoms with van der Waals surface area (Å²) in [4.78, 5) is 2.43. The fourth-order valence-corrected chi connectivity index (χ4v) is 5.21. The Morgan fingerprint density at radius 3 is 2.58 bits per heavy atom. The molecule has 0 amide bonds. The second-order valence-electron chi connectivity index (χ2n) is 6.17. The third-order valence-electron chi connectivity index (χ3n) is 4.73. The molecule has 2 rings (SSSR count). The summed E-state index contributed by atoms with van der Waals surface area (Å²) in [6, 6.07) is 0.252. The van der Waals surface area contributed by atoms with Gasteiger partial charge in [-0.25, -0.2) is 8.42 Å². The number of hydrogen-bond donors (Lipinski definition) is 1. The van der Waals surface area contributed by atoms with Gasteiger partial charge in [0.15, 0.2) is 9.84 Å². The minimum Gasteiger partial charge on any atom is -0.316 e. The Bertz CT molecular complexity index is 377. The third kappa shape index (κ3) is 3.92. The van der Waals surface area contributed by atoms with Gasteiger partial charge >= 0.3 is 0 Å². The van der Waals surface area contributed by atoms with Gasteiger partial charge in [-0.15, -0.1) is 0 Å². The zero-order valence-corrected chi connectivity index (χ0v) is 13.1.